The Morgan fingerprint density at radius 3 is 2.54 bits per heavy atom. The van der Waals surface area contributed by atoms with Gasteiger partial charge in [-0.3, -0.25) is 4.90 Å². The molecule has 1 aromatic rings. The van der Waals surface area contributed by atoms with E-state index in [0.29, 0.717) is 12.5 Å². The first kappa shape index (κ1) is 17.2. The van der Waals surface area contributed by atoms with Crippen molar-refractivity contribution in [2.45, 2.75) is 64.6 Å². The third kappa shape index (κ3) is 3.88. The summed E-state index contributed by atoms with van der Waals surface area (Å²) in [5.74, 6) is 2.74. The van der Waals surface area contributed by atoms with Crippen LogP contribution in [0.1, 0.15) is 58.1 Å². The zero-order valence-corrected chi connectivity index (χ0v) is 15.4. The SMILES string of the molecule is CC1CN(Cc2nnc(C3CC3)n2C)CCN1C(=O)OC(C)(C)C. The molecule has 7 nitrogen and oxygen atoms in total. The lowest BCUT2D eigenvalue weighted by Crippen LogP contribution is -2.54. The minimum Gasteiger partial charge on any atom is -0.444 e. The summed E-state index contributed by atoms with van der Waals surface area (Å²) < 4.78 is 7.64. The quantitative estimate of drug-likeness (QED) is 0.847. The second kappa shape index (κ2) is 6.35. The van der Waals surface area contributed by atoms with Crippen molar-refractivity contribution in [3.63, 3.8) is 0 Å². The normalized spacial score (nSPS) is 22.7. The van der Waals surface area contributed by atoms with Gasteiger partial charge in [-0.05, 0) is 40.5 Å². The van der Waals surface area contributed by atoms with E-state index in [-0.39, 0.29) is 12.1 Å². The number of carbonyl (C=O) groups is 1. The Kier molecular flexibility index (Phi) is 4.55. The van der Waals surface area contributed by atoms with Crippen LogP contribution in [0.2, 0.25) is 0 Å². The number of nitrogens with zero attached hydrogens (tertiary/aromatic N) is 5. The molecule has 0 N–H and O–H groups in total. The maximum absolute atomic E-state index is 12.3. The molecular weight excluding hydrogens is 306 g/mol. The smallest absolute Gasteiger partial charge is 0.410 e. The molecule has 7 heteroatoms. The fourth-order valence-corrected chi connectivity index (χ4v) is 3.18. The predicted molar refractivity (Wildman–Crippen MR) is 90.7 cm³/mol. The van der Waals surface area contributed by atoms with Gasteiger partial charge in [0.2, 0.25) is 0 Å². The van der Waals surface area contributed by atoms with Crippen LogP contribution >= 0.6 is 0 Å². The Morgan fingerprint density at radius 2 is 1.96 bits per heavy atom. The summed E-state index contributed by atoms with van der Waals surface area (Å²) in [4.78, 5) is 16.5. The zero-order chi connectivity index (χ0) is 17.5. The Hall–Kier alpha value is -1.63. The number of ether oxygens (including phenoxy) is 1. The monoisotopic (exact) mass is 335 g/mol. The topological polar surface area (TPSA) is 63.5 Å². The molecule has 1 aromatic heterocycles. The number of hydrogen-bond acceptors (Lipinski definition) is 5. The van der Waals surface area contributed by atoms with Gasteiger partial charge in [0.15, 0.2) is 0 Å². The highest BCUT2D eigenvalue weighted by Crippen LogP contribution is 2.38. The van der Waals surface area contributed by atoms with E-state index in [1.165, 1.54) is 12.8 Å². The lowest BCUT2D eigenvalue weighted by Gasteiger charge is -2.40. The van der Waals surface area contributed by atoms with Gasteiger partial charge in [0.05, 0.1) is 6.54 Å². The molecule has 2 fully saturated rings. The number of amides is 1. The summed E-state index contributed by atoms with van der Waals surface area (Å²) in [5, 5.41) is 8.71. The van der Waals surface area contributed by atoms with Gasteiger partial charge in [-0.25, -0.2) is 4.79 Å². The molecule has 24 heavy (non-hydrogen) atoms. The molecule has 1 unspecified atom stereocenters. The van der Waals surface area contributed by atoms with Gasteiger partial charge < -0.3 is 14.2 Å². The van der Waals surface area contributed by atoms with E-state index in [1.807, 2.05) is 25.7 Å². The minimum atomic E-state index is -0.453. The molecule has 1 amide bonds. The third-order valence-corrected chi connectivity index (χ3v) is 4.65. The largest absolute Gasteiger partial charge is 0.444 e. The molecule has 0 radical (unpaired) electrons. The average molecular weight is 335 g/mol. The molecule has 1 saturated carbocycles. The standard InChI is InChI=1S/C17H29N5O2/c1-12-10-21(8-9-22(12)16(23)24-17(2,3)4)11-14-18-19-15(20(14)5)13-6-7-13/h12-13H,6-11H2,1-5H3. The second-order valence-corrected chi connectivity index (χ2v) is 8.07. The molecule has 134 valence electrons. The van der Waals surface area contributed by atoms with Gasteiger partial charge in [0.25, 0.3) is 0 Å². The summed E-state index contributed by atoms with van der Waals surface area (Å²) in [5.41, 5.74) is -0.453. The minimum absolute atomic E-state index is 0.129. The molecule has 1 saturated heterocycles. The van der Waals surface area contributed by atoms with Crippen molar-refractivity contribution in [1.82, 2.24) is 24.6 Å². The average Bonchev–Trinajstić information content (AvgIpc) is 3.23. The van der Waals surface area contributed by atoms with E-state index >= 15 is 0 Å². The first-order chi connectivity index (χ1) is 11.2. The molecule has 2 heterocycles. The molecular formula is C17H29N5O2. The molecule has 1 atom stereocenters. The van der Waals surface area contributed by atoms with E-state index in [2.05, 4.69) is 33.6 Å². The van der Waals surface area contributed by atoms with Crippen LogP contribution in [0.25, 0.3) is 0 Å². The number of piperazine rings is 1. The molecule has 0 spiro atoms. The van der Waals surface area contributed by atoms with Crippen molar-refractivity contribution < 1.29 is 9.53 Å². The number of rotatable bonds is 3. The molecule has 0 aromatic carbocycles. The van der Waals surface area contributed by atoms with Crippen LogP contribution in [-0.4, -0.2) is 61.9 Å². The van der Waals surface area contributed by atoms with E-state index in [0.717, 1.165) is 31.3 Å². The molecule has 1 aliphatic carbocycles. The second-order valence-electron chi connectivity index (χ2n) is 8.07. The molecule has 3 rings (SSSR count). The van der Waals surface area contributed by atoms with Crippen LogP contribution in [0.15, 0.2) is 0 Å². The van der Waals surface area contributed by atoms with Crippen LogP contribution in [0, 0.1) is 0 Å². The van der Waals surface area contributed by atoms with Gasteiger partial charge in [-0.1, -0.05) is 0 Å². The predicted octanol–water partition coefficient (Wildman–Crippen LogP) is 2.13. The maximum Gasteiger partial charge on any atom is 0.410 e. The van der Waals surface area contributed by atoms with Crippen LogP contribution in [-0.2, 0) is 18.3 Å². The summed E-state index contributed by atoms with van der Waals surface area (Å²) >= 11 is 0. The molecule has 2 aliphatic rings. The highest BCUT2D eigenvalue weighted by atomic mass is 16.6. The van der Waals surface area contributed by atoms with Gasteiger partial charge in [0, 0.05) is 38.6 Å². The Bertz CT molecular complexity index is 603. The van der Waals surface area contributed by atoms with Crippen molar-refractivity contribution in [2.75, 3.05) is 19.6 Å². The van der Waals surface area contributed by atoms with E-state index in [4.69, 9.17) is 4.74 Å². The van der Waals surface area contributed by atoms with Crippen LogP contribution in [0.3, 0.4) is 0 Å². The number of carbonyl (C=O) groups excluding carboxylic acids is 1. The molecule has 1 aliphatic heterocycles. The van der Waals surface area contributed by atoms with E-state index in [9.17, 15) is 4.79 Å². The maximum atomic E-state index is 12.3. The number of hydrogen-bond donors (Lipinski definition) is 0. The van der Waals surface area contributed by atoms with E-state index < -0.39 is 5.60 Å². The number of aromatic nitrogens is 3. The van der Waals surface area contributed by atoms with Gasteiger partial charge >= 0.3 is 6.09 Å². The Labute approximate surface area is 144 Å². The van der Waals surface area contributed by atoms with Gasteiger partial charge in [-0.15, -0.1) is 10.2 Å². The van der Waals surface area contributed by atoms with Crippen molar-refractivity contribution in [2.24, 2.45) is 7.05 Å². The lowest BCUT2D eigenvalue weighted by atomic mass is 10.2. The molecule has 0 bridgehead atoms. The van der Waals surface area contributed by atoms with Crippen molar-refractivity contribution >= 4 is 6.09 Å². The van der Waals surface area contributed by atoms with Crippen LogP contribution < -0.4 is 0 Å². The third-order valence-electron chi connectivity index (χ3n) is 4.65. The van der Waals surface area contributed by atoms with Gasteiger partial charge in [-0.2, -0.15) is 0 Å². The summed E-state index contributed by atoms with van der Waals surface area (Å²) in [6.45, 7) is 10.9. The van der Waals surface area contributed by atoms with Gasteiger partial charge in [0.1, 0.15) is 17.2 Å². The highest BCUT2D eigenvalue weighted by Gasteiger charge is 2.32. The first-order valence-corrected chi connectivity index (χ1v) is 8.85. The summed E-state index contributed by atoms with van der Waals surface area (Å²) in [6.07, 6.45) is 2.25. The van der Waals surface area contributed by atoms with Crippen LogP contribution in [0.5, 0.6) is 0 Å². The lowest BCUT2D eigenvalue weighted by molar-refractivity contribution is 0.000191. The zero-order valence-electron chi connectivity index (χ0n) is 15.4. The first-order valence-electron chi connectivity index (χ1n) is 8.85. The van der Waals surface area contributed by atoms with Crippen molar-refractivity contribution in [3.05, 3.63) is 11.6 Å². The summed E-state index contributed by atoms with van der Waals surface area (Å²) in [7, 11) is 2.06. The highest BCUT2D eigenvalue weighted by molar-refractivity contribution is 5.68. The van der Waals surface area contributed by atoms with E-state index in [1.54, 1.807) is 0 Å². The Morgan fingerprint density at radius 1 is 1.25 bits per heavy atom. The fraction of sp³-hybridized carbons (Fsp3) is 0.824. The Balaban J connectivity index is 1.56. The fourth-order valence-electron chi connectivity index (χ4n) is 3.18. The van der Waals surface area contributed by atoms with Crippen molar-refractivity contribution in [1.29, 1.82) is 0 Å². The summed E-state index contributed by atoms with van der Waals surface area (Å²) in [6, 6.07) is 0.129. The van der Waals surface area contributed by atoms with Crippen LogP contribution in [0.4, 0.5) is 4.79 Å². The van der Waals surface area contributed by atoms with Crippen molar-refractivity contribution in [3.8, 4) is 0 Å².